The van der Waals surface area contributed by atoms with Crippen molar-refractivity contribution in [3.63, 3.8) is 0 Å². The number of imidazole rings is 2. The van der Waals surface area contributed by atoms with Crippen LogP contribution in [-0.2, 0) is 16.0 Å². The van der Waals surface area contributed by atoms with Gasteiger partial charge in [-0.25, -0.2) is 14.8 Å². The van der Waals surface area contributed by atoms with Gasteiger partial charge in [-0.1, -0.05) is 30.3 Å². The maximum absolute atomic E-state index is 13.6. The van der Waals surface area contributed by atoms with Gasteiger partial charge in [-0.15, -0.1) is 0 Å². The summed E-state index contributed by atoms with van der Waals surface area (Å²) in [7, 11) is 0. The summed E-state index contributed by atoms with van der Waals surface area (Å²) in [5.41, 5.74) is 2.27. The van der Waals surface area contributed by atoms with Gasteiger partial charge in [0.1, 0.15) is 17.2 Å². The number of rotatable bonds is 4. The van der Waals surface area contributed by atoms with E-state index in [0.717, 1.165) is 11.1 Å². The normalized spacial score (nSPS) is 15.2. The van der Waals surface area contributed by atoms with Crippen LogP contribution < -0.4 is 10.6 Å². The number of carbonyl (C=O) groups excluding carboxylic acids is 3. The number of hydrogen-bond donors (Lipinski definition) is 4. The van der Waals surface area contributed by atoms with Crippen molar-refractivity contribution in [2.45, 2.75) is 38.8 Å². The second-order valence-corrected chi connectivity index (χ2v) is 9.69. The molecule has 0 saturated carbocycles. The number of ether oxygens (including phenoxy) is 1. The van der Waals surface area contributed by atoms with Crippen LogP contribution in [0.4, 0.5) is 16.7 Å². The summed E-state index contributed by atoms with van der Waals surface area (Å²) in [6, 6.07) is 11.7. The van der Waals surface area contributed by atoms with Crippen molar-refractivity contribution in [1.82, 2.24) is 24.8 Å². The first kappa shape index (κ1) is 24.0. The Hall–Kier alpha value is -4.67. The Morgan fingerprint density at radius 2 is 1.86 bits per heavy atom. The molecule has 0 spiro atoms. The zero-order valence-corrected chi connectivity index (χ0v) is 20.7. The van der Waals surface area contributed by atoms with Crippen LogP contribution >= 0.6 is 0 Å². The highest BCUT2D eigenvalue weighted by Crippen LogP contribution is 2.32. The predicted octanol–water partition coefficient (Wildman–Crippen LogP) is 4.01. The molecule has 1 aliphatic heterocycles. The van der Waals surface area contributed by atoms with Gasteiger partial charge in [0.25, 0.3) is 11.8 Å². The van der Waals surface area contributed by atoms with Crippen LogP contribution in [-0.4, -0.2) is 54.9 Å². The van der Waals surface area contributed by atoms with Crippen LogP contribution in [0, 0.1) is 0 Å². The average molecular weight is 502 g/mol. The minimum Gasteiger partial charge on any atom is -0.444 e. The molecule has 1 atom stereocenters. The van der Waals surface area contributed by atoms with Gasteiger partial charge in [0.05, 0.1) is 11.1 Å². The van der Waals surface area contributed by atoms with E-state index in [1.807, 2.05) is 24.3 Å². The molecule has 3 heterocycles. The molecule has 3 amide bonds. The molecule has 190 valence electrons. The van der Waals surface area contributed by atoms with E-state index in [-0.39, 0.29) is 5.95 Å². The fourth-order valence-corrected chi connectivity index (χ4v) is 4.33. The highest BCUT2D eigenvalue weighted by Gasteiger charge is 2.38. The monoisotopic (exact) mass is 501 g/mol. The number of nitrogens with one attached hydrogen (secondary N) is 4. The van der Waals surface area contributed by atoms with Crippen LogP contribution in [0.5, 0.6) is 0 Å². The summed E-state index contributed by atoms with van der Waals surface area (Å²) >= 11 is 0. The Bertz CT molecular complexity index is 1470. The summed E-state index contributed by atoms with van der Waals surface area (Å²) < 4.78 is 5.59. The van der Waals surface area contributed by atoms with Gasteiger partial charge in [-0.3, -0.25) is 25.1 Å². The van der Waals surface area contributed by atoms with Crippen molar-refractivity contribution < 1.29 is 19.1 Å². The molecule has 0 aliphatic carbocycles. The van der Waals surface area contributed by atoms with Crippen LogP contribution in [0.2, 0.25) is 0 Å². The largest absolute Gasteiger partial charge is 0.444 e. The fraction of sp³-hybridized carbons (Fsp3) is 0.269. The van der Waals surface area contributed by atoms with E-state index in [4.69, 9.17) is 4.74 Å². The Labute approximate surface area is 212 Å². The molecule has 11 nitrogen and oxygen atoms in total. The lowest BCUT2D eigenvalue weighted by Gasteiger charge is -2.37. The SMILES string of the molecule is CC(C)(C)OC(=O)N1CCc2ccccc2C1C(=O)Nc1nc2c(C(=O)Nc3ncc[nH]3)cccc2[nH]1. The smallest absolute Gasteiger partial charge is 0.411 e. The van der Waals surface area contributed by atoms with Crippen molar-refractivity contribution in [3.05, 3.63) is 71.5 Å². The highest BCUT2D eigenvalue weighted by molar-refractivity contribution is 6.11. The molecule has 2 aromatic heterocycles. The van der Waals surface area contributed by atoms with E-state index >= 15 is 0 Å². The third kappa shape index (κ3) is 5.01. The van der Waals surface area contributed by atoms with Crippen LogP contribution in [0.1, 0.15) is 48.3 Å². The van der Waals surface area contributed by atoms with E-state index in [0.29, 0.717) is 35.5 Å². The quantitative estimate of drug-likeness (QED) is 0.332. The summed E-state index contributed by atoms with van der Waals surface area (Å²) in [5.74, 6) is -0.379. The van der Waals surface area contributed by atoms with Gasteiger partial charge in [0.2, 0.25) is 11.9 Å². The maximum atomic E-state index is 13.6. The first-order valence-electron chi connectivity index (χ1n) is 11.9. The molecular formula is C26H27N7O4. The van der Waals surface area contributed by atoms with Crippen molar-refractivity contribution in [1.29, 1.82) is 0 Å². The molecule has 4 N–H and O–H groups in total. The van der Waals surface area contributed by atoms with Crippen molar-refractivity contribution in [2.75, 3.05) is 17.2 Å². The number of amides is 3. The number of H-pyrrole nitrogens is 2. The van der Waals surface area contributed by atoms with E-state index in [1.54, 1.807) is 45.2 Å². The van der Waals surface area contributed by atoms with Gasteiger partial charge in [-0.2, -0.15) is 0 Å². The third-order valence-corrected chi connectivity index (χ3v) is 5.89. The lowest BCUT2D eigenvalue weighted by molar-refractivity contribution is -0.122. The predicted molar refractivity (Wildman–Crippen MR) is 137 cm³/mol. The number of para-hydroxylation sites is 1. The lowest BCUT2D eigenvalue weighted by Crippen LogP contribution is -2.47. The zero-order valence-electron chi connectivity index (χ0n) is 20.7. The molecule has 1 aliphatic rings. The number of fused-ring (bicyclic) bond motifs is 2. The van der Waals surface area contributed by atoms with Crippen molar-refractivity contribution >= 4 is 40.8 Å². The van der Waals surface area contributed by atoms with Crippen LogP contribution in [0.3, 0.4) is 0 Å². The molecular weight excluding hydrogens is 474 g/mol. The standard InChI is InChI=1S/C26H27N7O4/c1-26(2,3)37-25(36)33-14-11-15-7-4-5-8-16(15)20(33)22(35)32-24-29-18-10-6-9-17(19(18)30-24)21(34)31-23-27-12-13-28-23/h4-10,12-13,20H,11,14H2,1-3H3,(H2,27,28,31,34)(H2,29,30,32,35). The second-order valence-electron chi connectivity index (χ2n) is 9.69. The van der Waals surface area contributed by atoms with Crippen LogP contribution in [0.25, 0.3) is 11.0 Å². The Morgan fingerprint density at radius 3 is 2.62 bits per heavy atom. The van der Waals surface area contributed by atoms with Gasteiger partial charge < -0.3 is 14.7 Å². The second kappa shape index (κ2) is 9.41. The summed E-state index contributed by atoms with van der Waals surface area (Å²) in [6.45, 7) is 5.69. The average Bonchev–Trinajstić information content (AvgIpc) is 3.51. The molecule has 11 heteroatoms. The minimum absolute atomic E-state index is 0.158. The first-order valence-corrected chi connectivity index (χ1v) is 11.9. The van der Waals surface area contributed by atoms with E-state index < -0.39 is 29.6 Å². The van der Waals surface area contributed by atoms with Gasteiger partial charge in [0.15, 0.2) is 0 Å². The number of benzene rings is 2. The van der Waals surface area contributed by atoms with E-state index in [2.05, 4.69) is 30.6 Å². The number of hydrogen-bond acceptors (Lipinski definition) is 6. The molecule has 0 fully saturated rings. The Balaban J connectivity index is 1.43. The fourth-order valence-electron chi connectivity index (χ4n) is 4.33. The van der Waals surface area contributed by atoms with E-state index in [9.17, 15) is 14.4 Å². The molecule has 5 rings (SSSR count). The summed E-state index contributed by atoms with van der Waals surface area (Å²) in [6.07, 6.45) is 3.17. The molecule has 37 heavy (non-hydrogen) atoms. The zero-order chi connectivity index (χ0) is 26.2. The topological polar surface area (TPSA) is 145 Å². The molecule has 0 radical (unpaired) electrons. The molecule has 0 bridgehead atoms. The Morgan fingerprint density at radius 1 is 1.05 bits per heavy atom. The third-order valence-electron chi connectivity index (χ3n) is 5.89. The minimum atomic E-state index is -0.908. The van der Waals surface area contributed by atoms with Crippen molar-refractivity contribution in [3.8, 4) is 0 Å². The molecule has 4 aromatic rings. The summed E-state index contributed by atoms with van der Waals surface area (Å²) in [4.78, 5) is 55.2. The van der Waals surface area contributed by atoms with Gasteiger partial charge >= 0.3 is 6.09 Å². The van der Waals surface area contributed by atoms with Crippen molar-refractivity contribution in [2.24, 2.45) is 0 Å². The first-order chi connectivity index (χ1) is 17.7. The number of nitrogens with zero attached hydrogens (tertiary/aromatic N) is 3. The number of aromatic amines is 2. The summed E-state index contributed by atoms with van der Waals surface area (Å²) in [5, 5.41) is 5.47. The Kier molecular flexibility index (Phi) is 6.12. The van der Waals surface area contributed by atoms with Gasteiger partial charge in [-0.05, 0) is 50.5 Å². The molecule has 1 unspecified atom stereocenters. The number of aromatic nitrogens is 4. The van der Waals surface area contributed by atoms with E-state index in [1.165, 1.54) is 11.1 Å². The highest BCUT2D eigenvalue weighted by atomic mass is 16.6. The van der Waals surface area contributed by atoms with Gasteiger partial charge in [0, 0.05) is 18.9 Å². The van der Waals surface area contributed by atoms with Crippen LogP contribution in [0.15, 0.2) is 54.9 Å². The number of anilines is 2. The number of carbonyl (C=O) groups is 3. The maximum Gasteiger partial charge on any atom is 0.411 e. The lowest BCUT2D eigenvalue weighted by atomic mass is 9.92. The molecule has 0 saturated heterocycles. The molecule has 2 aromatic carbocycles.